The summed E-state index contributed by atoms with van der Waals surface area (Å²) in [5.41, 5.74) is 2.03. The van der Waals surface area contributed by atoms with E-state index in [0.717, 1.165) is 12.1 Å². The van der Waals surface area contributed by atoms with Gasteiger partial charge in [-0.15, -0.1) is 0 Å². The fourth-order valence-corrected chi connectivity index (χ4v) is 3.51. The van der Waals surface area contributed by atoms with Crippen LogP contribution in [0.15, 0.2) is 24.3 Å². The van der Waals surface area contributed by atoms with E-state index in [1.165, 1.54) is 31.2 Å². The van der Waals surface area contributed by atoms with Crippen LogP contribution in [-0.2, 0) is 0 Å². The molecule has 0 heterocycles. The number of halogens is 1. The van der Waals surface area contributed by atoms with E-state index in [-0.39, 0.29) is 5.91 Å². The highest BCUT2D eigenvalue weighted by Gasteiger charge is 2.23. The third-order valence-electron chi connectivity index (χ3n) is 4.18. The second-order valence-corrected chi connectivity index (χ2v) is 7.22. The molecule has 0 radical (unpaired) electrons. The summed E-state index contributed by atoms with van der Waals surface area (Å²) < 4.78 is 0. The van der Waals surface area contributed by atoms with Crippen molar-refractivity contribution in [2.45, 2.75) is 50.3 Å². The molecular formula is C17H24BrNO. The lowest BCUT2D eigenvalue weighted by molar-refractivity contribution is 0.0944. The highest BCUT2D eigenvalue weighted by molar-refractivity contribution is 9.09. The molecule has 1 aliphatic rings. The molecule has 0 aromatic heterocycles. The lowest BCUT2D eigenvalue weighted by atomic mass is 9.89. The number of carbonyl (C=O) groups excluding carboxylic acids is 1. The summed E-state index contributed by atoms with van der Waals surface area (Å²) >= 11 is 3.74. The van der Waals surface area contributed by atoms with Gasteiger partial charge in [-0.05, 0) is 42.4 Å². The zero-order chi connectivity index (χ0) is 14.5. The first-order chi connectivity index (χ1) is 9.58. The number of rotatable bonds is 4. The smallest absolute Gasteiger partial charge is 0.251 e. The maximum Gasteiger partial charge on any atom is 0.251 e. The van der Waals surface area contributed by atoms with E-state index in [1.807, 2.05) is 24.3 Å². The molecule has 110 valence electrons. The summed E-state index contributed by atoms with van der Waals surface area (Å²) in [6.07, 6.45) is 5.02. The molecule has 1 fully saturated rings. The van der Waals surface area contributed by atoms with Crippen LogP contribution in [0.1, 0.15) is 61.4 Å². The molecule has 0 saturated heterocycles. The van der Waals surface area contributed by atoms with Crippen LogP contribution in [0.2, 0.25) is 0 Å². The maximum atomic E-state index is 12.1. The third kappa shape index (κ3) is 4.08. The van der Waals surface area contributed by atoms with Crippen molar-refractivity contribution < 1.29 is 4.79 Å². The van der Waals surface area contributed by atoms with Crippen LogP contribution in [0.4, 0.5) is 0 Å². The summed E-state index contributed by atoms with van der Waals surface area (Å²) in [4.78, 5) is 12.7. The molecule has 0 bridgehead atoms. The van der Waals surface area contributed by atoms with Crippen molar-refractivity contribution in [3.8, 4) is 0 Å². The zero-order valence-electron chi connectivity index (χ0n) is 12.4. The van der Waals surface area contributed by atoms with Crippen LogP contribution in [0.25, 0.3) is 0 Å². The number of hydrogen-bond acceptors (Lipinski definition) is 1. The second-order valence-electron chi connectivity index (χ2n) is 6.05. The van der Waals surface area contributed by atoms with Gasteiger partial charge in [-0.3, -0.25) is 4.79 Å². The highest BCUT2D eigenvalue weighted by Crippen LogP contribution is 2.29. The first kappa shape index (κ1) is 15.6. The van der Waals surface area contributed by atoms with E-state index in [2.05, 4.69) is 35.1 Å². The molecule has 1 amide bonds. The fourth-order valence-electron chi connectivity index (χ4n) is 2.74. The van der Waals surface area contributed by atoms with Crippen molar-refractivity contribution >= 4 is 21.8 Å². The first-order valence-corrected chi connectivity index (χ1v) is 8.51. The molecule has 20 heavy (non-hydrogen) atoms. The van der Waals surface area contributed by atoms with Crippen LogP contribution in [0, 0.1) is 5.92 Å². The topological polar surface area (TPSA) is 29.1 Å². The van der Waals surface area contributed by atoms with Gasteiger partial charge in [-0.2, -0.15) is 0 Å². The summed E-state index contributed by atoms with van der Waals surface area (Å²) in [5.74, 6) is 1.12. The normalized spacial score (nSPS) is 22.8. The number of carbonyl (C=O) groups is 1. The number of nitrogens with one attached hydrogen (secondary N) is 1. The highest BCUT2D eigenvalue weighted by atomic mass is 79.9. The monoisotopic (exact) mass is 337 g/mol. The average Bonchev–Trinajstić information content (AvgIpc) is 2.46. The first-order valence-electron chi connectivity index (χ1n) is 7.60. The van der Waals surface area contributed by atoms with E-state index in [4.69, 9.17) is 0 Å². The Morgan fingerprint density at radius 1 is 1.25 bits per heavy atom. The lowest BCUT2D eigenvalue weighted by Gasteiger charge is -2.27. The van der Waals surface area contributed by atoms with Gasteiger partial charge < -0.3 is 5.32 Å². The maximum absolute atomic E-state index is 12.1. The fraction of sp³-hybridized carbons (Fsp3) is 0.588. The zero-order valence-corrected chi connectivity index (χ0v) is 13.9. The van der Waals surface area contributed by atoms with E-state index in [1.54, 1.807) is 0 Å². The minimum Gasteiger partial charge on any atom is -0.352 e. The summed E-state index contributed by atoms with van der Waals surface area (Å²) in [5, 5.41) is 3.08. The van der Waals surface area contributed by atoms with E-state index in [9.17, 15) is 4.79 Å². The van der Waals surface area contributed by atoms with Crippen molar-refractivity contribution in [2.75, 3.05) is 6.54 Å². The molecule has 3 heteroatoms. The third-order valence-corrected chi connectivity index (χ3v) is 5.39. The molecule has 0 spiro atoms. The molecule has 1 aromatic carbocycles. The second kappa shape index (κ2) is 7.26. The van der Waals surface area contributed by atoms with Crippen LogP contribution in [-0.4, -0.2) is 17.3 Å². The Bertz CT molecular complexity index is 441. The van der Waals surface area contributed by atoms with Crippen molar-refractivity contribution in [3.63, 3.8) is 0 Å². The van der Waals surface area contributed by atoms with Crippen molar-refractivity contribution in [3.05, 3.63) is 35.4 Å². The standard InChI is InChI=1S/C17H24BrNO/c1-12(2)13-7-9-14(10-8-13)17(20)19-11-15-5-3-4-6-16(15)18/h7-10,12,15-16H,3-6,11H2,1-2H3,(H,19,20). The predicted molar refractivity (Wildman–Crippen MR) is 87.5 cm³/mol. The minimum absolute atomic E-state index is 0.0468. The Kier molecular flexibility index (Phi) is 5.64. The average molecular weight is 338 g/mol. The molecule has 1 N–H and O–H groups in total. The Hall–Kier alpha value is -0.830. The van der Waals surface area contributed by atoms with Crippen LogP contribution in [0.3, 0.4) is 0 Å². The van der Waals surface area contributed by atoms with Crippen molar-refractivity contribution in [2.24, 2.45) is 5.92 Å². The van der Waals surface area contributed by atoms with E-state index in [0.29, 0.717) is 16.7 Å². The molecule has 2 unspecified atom stereocenters. The number of alkyl halides is 1. The molecule has 1 aromatic rings. The largest absolute Gasteiger partial charge is 0.352 e. The van der Waals surface area contributed by atoms with Gasteiger partial charge in [0, 0.05) is 16.9 Å². The quantitative estimate of drug-likeness (QED) is 0.805. The number of benzene rings is 1. The minimum atomic E-state index is 0.0468. The Morgan fingerprint density at radius 2 is 1.90 bits per heavy atom. The van der Waals surface area contributed by atoms with Gasteiger partial charge in [0.15, 0.2) is 0 Å². The molecule has 2 atom stereocenters. The summed E-state index contributed by atoms with van der Waals surface area (Å²) in [6, 6.07) is 7.95. The number of amides is 1. The van der Waals surface area contributed by atoms with Gasteiger partial charge in [0.2, 0.25) is 0 Å². The van der Waals surface area contributed by atoms with Gasteiger partial charge >= 0.3 is 0 Å². The van der Waals surface area contributed by atoms with Crippen molar-refractivity contribution in [1.82, 2.24) is 5.32 Å². The number of hydrogen-bond donors (Lipinski definition) is 1. The van der Waals surface area contributed by atoms with Crippen molar-refractivity contribution in [1.29, 1.82) is 0 Å². The lowest BCUT2D eigenvalue weighted by Crippen LogP contribution is -2.34. The van der Waals surface area contributed by atoms with Crippen LogP contribution in [0.5, 0.6) is 0 Å². The molecule has 1 aliphatic carbocycles. The van der Waals surface area contributed by atoms with Gasteiger partial charge in [0.05, 0.1) is 0 Å². The summed E-state index contributed by atoms with van der Waals surface area (Å²) in [7, 11) is 0. The predicted octanol–water partition coefficient (Wildman–Crippen LogP) is 4.49. The van der Waals surface area contributed by atoms with Gasteiger partial charge in [0.1, 0.15) is 0 Å². The molecular weight excluding hydrogens is 314 g/mol. The SMILES string of the molecule is CC(C)c1ccc(C(=O)NCC2CCCCC2Br)cc1. The van der Waals surface area contributed by atoms with E-state index >= 15 is 0 Å². The molecule has 2 nitrogen and oxygen atoms in total. The van der Waals surface area contributed by atoms with Gasteiger partial charge in [-0.25, -0.2) is 0 Å². The Labute approximate surface area is 130 Å². The summed E-state index contributed by atoms with van der Waals surface area (Å²) in [6.45, 7) is 5.10. The van der Waals surface area contributed by atoms with E-state index < -0.39 is 0 Å². The Balaban J connectivity index is 1.88. The van der Waals surface area contributed by atoms with Gasteiger partial charge in [0.25, 0.3) is 5.91 Å². The van der Waals surface area contributed by atoms with Gasteiger partial charge in [-0.1, -0.05) is 54.8 Å². The molecule has 2 rings (SSSR count). The Morgan fingerprint density at radius 3 is 2.50 bits per heavy atom. The molecule has 0 aliphatic heterocycles. The van der Waals surface area contributed by atoms with Crippen LogP contribution >= 0.6 is 15.9 Å². The molecule has 1 saturated carbocycles. The van der Waals surface area contributed by atoms with Crippen LogP contribution < -0.4 is 5.32 Å².